The number of aryl methyl sites for hydroxylation is 1. The van der Waals surface area contributed by atoms with Crippen molar-refractivity contribution in [1.82, 2.24) is 5.32 Å². The van der Waals surface area contributed by atoms with Gasteiger partial charge in [0.15, 0.2) is 6.10 Å². The topological polar surface area (TPSA) is 55.4 Å². The number of unbranched alkanes of at least 4 members (excludes halogenated alkanes) is 6. The Labute approximate surface area is 229 Å². The van der Waals surface area contributed by atoms with Crippen molar-refractivity contribution in [3.63, 3.8) is 0 Å². The summed E-state index contributed by atoms with van der Waals surface area (Å²) < 4.78 is 29.8. The summed E-state index contributed by atoms with van der Waals surface area (Å²) >= 11 is 0. The molecule has 6 heteroatoms. The molecule has 0 bridgehead atoms. The van der Waals surface area contributed by atoms with Gasteiger partial charge in [-0.15, -0.1) is 0 Å². The third-order valence-electron chi connectivity index (χ3n) is 7.24. The molecule has 1 N–H and O–H groups in total. The Kier molecular flexibility index (Phi) is 10.6. The normalized spacial score (nSPS) is 15.4. The number of amides is 2. The highest BCUT2D eigenvalue weighted by atomic mass is 19.3. The third kappa shape index (κ3) is 8.47. The van der Waals surface area contributed by atoms with E-state index in [0.29, 0.717) is 12.2 Å². The van der Waals surface area contributed by atoms with Gasteiger partial charge in [-0.2, -0.15) is 0 Å². The van der Waals surface area contributed by atoms with Crippen molar-refractivity contribution < 1.29 is 23.1 Å². The van der Waals surface area contributed by atoms with Gasteiger partial charge >= 0.3 is 0 Å². The van der Waals surface area contributed by atoms with Gasteiger partial charge in [0.25, 0.3) is 5.91 Å². The van der Waals surface area contributed by atoms with Crippen molar-refractivity contribution in [3.8, 4) is 16.9 Å². The summed E-state index contributed by atoms with van der Waals surface area (Å²) in [6, 6.07) is 24.9. The van der Waals surface area contributed by atoms with Crippen LogP contribution in [0.1, 0.15) is 74.5 Å². The number of hydrogen-bond acceptors (Lipinski definition) is 3. The summed E-state index contributed by atoms with van der Waals surface area (Å²) in [5.41, 5.74) is 6.79. The third-order valence-corrected chi connectivity index (χ3v) is 7.24. The first-order chi connectivity index (χ1) is 19.0. The van der Waals surface area contributed by atoms with Crippen LogP contribution in [0.2, 0.25) is 0 Å². The molecule has 1 saturated heterocycles. The smallest absolute Gasteiger partial charge is 0.268 e. The van der Waals surface area contributed by atoms with Crippen molar-refractivity contribution in [1.29, 1.82) is 0 Å². The van der Waals surface area contributed by atoms with E-state index in [1.165, 1.54) is 22.3 Å². The second-order valence-corrected chi connectivity index (χ2v) is 10.2. The summed E-state index contributed by atoms with van der Waals surface area (Å²) in [7, 11) is 0. The minimum absolute atomic E-state index is 0.0153. The van der Waals surface area contributed by atoms with Crippen LogP contribution in [0.3, 0.4) is 0 Å². The fourth-order valence-corrected chi connectivity index (χ4v) is 5.18. The SMILES string of the molecule is O=C1CC(Oc2ccccc2CCCCCCCCCC(F)F)C(=O)N1.c1ccc2c(c1)Cc1ccccc1-2. The van der Waals surface area contributed by atoms with Crippen molar-refractivity contribution in [2.24, 2.45) is 0 Å². The molecule has 1 heterocycles. The first kappa shape index (κ1) is 28.5. The standard InChI is InChI=1S/C20H27F2NO3.C13H10/c21-18(22)13-7-5-3-1-2-4-6-10-15-11-8-9-12-16(15)26-17-14-19(24)23-20(17)25;1-3-7-12-10(5-1)9-11-6-2-4-8-13(11)12/h8-9,11-12,17-18H,1-7,10,13-14H2,(H,23,24,25);1-8H,9H2. The predicted octanol–water partition coefficient (Wildman–Crippen LogP) is 7.67. The van der Waals surface area contributed by atoms with Crippen molar-refractivity contribution in [2.75, 3.05) is 0 Å². The summed E-state index contributed by atoms with van der Waals surface area (Å²) in [4.78, 5) is 22.9. The quantitative estimate of drug-likeness (QED) is 0.150. The van der Waals surface area contributed by atoms with Crippen LogP contribution < -0.4 is 10.1 Å². The molecule has 1 aliphatic heterocycles. The van der Waals surface area contributed by atoms with Gasteiger partial charge < -0.3 is 4.74 Å². The Morgan fingerprint density at radius 2 is 1.31 bits per heavy atom. The molecule has 39 heavy (non-hydrogen) atoms. The monoisotopic (exact) mass is 533 g/mol. The van der Waals surface area contributed by atoms with Crippen molar-refractivity contribution in [3.05, 3.63) is 89.5 Å². The average molecular weight is 534 g/mol. The van der Waals surface area contributed by atoms with E-state index in [9.17, 15) is 18.4 Å². The van der Waals surface area contributed by atoms with E-state index in [0.717, 1.165) is 56.9 Å². The van der Waals surface area contributed by atoms with Crippen LogP contribution in [0.4, 0.5) is 8.78 Å². The lowest BCUT2D eigenvalue weighted by molar-refractivity contribution is -0.127. The molecule has 3 aromatic carbocycles. The molecule has 5 rings (SSSR count). The van der Waals surface area contributed by atoms with E-state index in [2.05, 4.69) is 53.8 Å². The minimum Gasteiger partial charge on any atom is -0.480 e. The van der Waals surface area contributed by atoms with E-state index >= 15 is 0 Å². The molecular weight excluding hydrogens is 496 g/mol. The van der Waals surface area contributed by atoms with Gasteiger partial charge in [0, 0.05) is 6.42 Å². The Morgan fingerprint density at radius 1 is 0.744 bits per heavy atom. The molecule has 4 nitrogen and oxygen atoms in total. The number of hydrogen-bond donors (Lipinski definition) is 1. The number of nitrogens with one attached hydrogen (secondary N) is 1. The van der Waals surface area contributed by atoms with Crippen molar-refractivity contribution >= 4 is 11.8 Å². The van der Waals surface area contributed by atoms with Crippen LogP contribution in [0.5, 0.6) is 5.75 Å². The number of para-hydroxylation sites is 1. The van der Waals surface area contributed by atoms with Gasteiger partial charge in [-0.05, 0) is 59.6 Å². The van der Waals surface area contributed by atoms with Crippen molar-refractivity contribution in [2.45, 2.75) is 83.2 Å². The molecule has 0 saturated carbocycles. The number of carbonyl (C=O) groups excluding carboxylic acids is 2. The first-order valence-electron chi connectivity index (χ1n) is 14.0. The summed E-state index contributed by atoms with van der Waals surface area (Å²) in [5, 5.41) is 2.25. The molecule has 1 atom stereocenters. The van der Waals surface area contributed by atoms with Crippen LogP contribution in [0.25, 0.3) is 11.1 Å². The number of halogens is 2. The first-order valence-corrected chi connectivity index (χ1v) is 14.0. The number of alkyl halides is 2. The molecule has 0 aromatic heterocycles. The van der Waals surface area contributed by atoms with Gasteiger partial charge in [0.2, 0.25) is 12.3 Å². The molecule has 1 unspecified atom stereocenters. The lowest BCUT2D eigenvalue weighted by atomic mass is 10.0. The van der Waals surface area contributed by atoms with Gasteiger partial charge in [-0.3, -0.25) is 14.9 Å². The minimum atomic E-state index is -2.18. The Morgan fingerprint density at radius 3 is 1.92 bits per heavy atom. The fraction of sp³-hybridized carbons (Fsp3) is 0.394. The zero-order valence-corrected chi connectivity index (χ0v) is 22.3. The summed E-state index contributed by atoms with van der Waals surface area (Å²) in [5.74, 6) is -0.0166. The van der Waals surface area contributed by atoms with Gasteiger partial charge in [0.05, 0.1) is 6.42 Å². The number of rotatable bonds is 12. The van der Waals surface area contributed by atoms with E-state index in [4.69, 9.17) is 4.74 Å². The van der Waals surface area contributed by atoms with E-state index in [1.54, 1.807) is 0 Å². The van der Waals surface area contributed by atoms with E-state index in [-0.39, 0.29) is 24.7 Å². The maximum absolute atomic E-state index is 12.0. The summed E-state index contributed by atoms with van der Waals surface area (Å²) in [6.07, 6.45) is 5.88. The van der Waals surface area contributed by atoms with Gasteiger partial charge in [-0.1, -0.05) is 98.8 Å². The fourth-order valence-electron chi connectivity index (χ4n) is 5.18. The summed E-state index contributed by atoms with van der Waals surface area (Å²) in [6.45, 7) is 0. The predicted molar refractivity (Wildman–Crippen MR) is 150 cm³/mol. The van der Waals surface area contributed by atoms with E-state index in [1.807, 2.05) is 24.3 Å². The molecule has 0 spiro atoms. The lowest BCUT2D eigenvalue weighted by Gasteiger charge is -2.14. The molecule has 3 aromatic rings. The Balaban J connectivity index is 0.000000223. The second-order valence-electron chi connectivity index (χ2n) is 10.2. The molecule has 2 aliphatic rings. The highest BCUT2D eigenvalue weighted by Crippen LogP contribution is 2.35. The lowest BCUT2D eigenvalue weighted by Crippen LogP contribution is -2.28. The second kappa shape index (κ2) is 14.6. The van der Waals surface area contributed by atoms with Crippen LogP contribution in [0, 0.1) is 0 Å². The van der Waals surface area contributed by atoms with Crippen LogP contribution >= 0.6 is 0 Å². The van der Waals surface area contributed by atoms with Crippen LogP contribution in [-0.4, -0.2) is 24.3 Å². The van der Waals surface area contributed by atoms with Crippen LogP contribution in [0.15, 0.2) is 72.8 Å². The van der Waals surface area contributed by atoms with Gasteiger partial charge in [-0.25, -0.2) is 8.78 Å². The van der Waals surface area contributed by atoms with Crippen LogP contribution in [-0.2, 0) is 22.4 Å². The highest BCUT2D eigenvalue weighted by Gasteiger charge is 2.32. The largest absolute Gasteiger partial charge is 0.480 e. The molecule has 206 valence electrons. The van der Waals surface area contributed by atoms with E-state index < -0.39 is 12.5 Å². The highest BCUT2D eigenvalue weighted by molar-refractivity contribution is 6.05. The zero-order chi connectivity index (χ0) is 27.5. The number of imide groups is 1. The Hall–Kier alpha value is -3.54. The Bertz CT molecular complexity index is 1200. The molecule has 1 fully saturated rings. The number of ether oxygens (including phenoxy) is 1. The molecule has 0 radical (unpaired) electrons. The number of carbonyl (C=O) groups is 2. The maximum Gasteiger partial charge on any atom is 0.268 e. The zero-order valence-electron chi connectivity index (χ0n) is 22.3. The molecular formula is C33H37F2NO3. The average Bonchev–Trinajstić information content (AvgIpc) is 3.47. The number of benzene rings is 3. The van der Waals surface area contributed by atoms with Gasteiger partial charge in [0.1, 0.15) is 5.75 Å². The maximum atomic E-state index is 12.0. The number of fused-ring (bicyclic) bond motifs is 3. The molecule has 2 amide bonds. The molecule has 1 aliphatic carbocycles.